The summed E-state index contributed by atoms with van der Waals surface area (Å²) in [5, 5.41) is 8.89. The van der Waals surface area contributed by atoms with Crippen LogP contribution in [0.5, 0.6) is 11.5 Å². The lowest BCUT2D eigenvalue weighted by Crippen LogP contribution is -2.27. The topological polar surface area (TPSA) is 79.6 Å². The standard InChI is InChI=1S/C20H15ClN2O4S/c1-26-17-10-14(4-7-16(17)27-9-8-22)11-18-19(24)23(20(25)28-18)12-13-2-5-15(21)6-3-13/h2-7,10-11H,9,12H2,1H3/b18-11-. The molecule has 0 N–H and O–H groups in total. The third kappa shape index (κ3) is 4.47. The van der Waals surface area contributed by atoms with Gasteiger partial charge in [0.25, 0.3) is 11.1 Å². The zero-order valence-corrected chi connectivity index (χ0v) is 16.4. The molecule has 2 aromatic rings. The molecule has 2 aromatic carbocycles. The highest BCUT2D eigenvalue weighted by atomic mass is 35.5. The van der Waals surface area contributed by atoms with Gasteiger partial charge in [0, 0.05) is 5.02 Å². The quantitative estimate of drug-likeness (QED) is 0.648. The van der Waals surface area contributed by atoms with E-state index in [2.05, 4.69) is 0 Å². The molecule has 0 spiro atoms. The maximum Gasteiger partial charge on any atom is 0.293 e. The Bertz CT molecular complexity index is 983. The summed E-state index contributed by atoms with van der Waals surface area (Å²) in [5.74, 6) is 0.509. The van der Waals surface area contributed by atoms with Gasteiger partial charge in [0.05, 0.1) is 18.6 Å². The molecule has 28 heavy (non-hydrogen) atoms. The average Bonchev–Trinajstić information content (AvgIpc) is 2.95. The molecule has 0 saturated carbocycles. The van der Waals surface area contributed by atoms with Gasteiger partial charge in [0.1, 0.15) is 6.07 Å². The van der Waals surface area contributed by atoms with Crippen LogP contribution < -0.4 is 9.47 Å². The Kier molecular flexibility index (Phi) is 6.24. The zero-order chi connectivity index (χ0) is 20.1. The molecule has 0 aliphatic carbocycles. The Hall–Kier alpha value is -2.95. The number of rotatable bonds is 6. The lowest BCUT2D eigenvalue weighted by atomic mass is 10.1. The van der Waals surface area contributed by atoms with Crippen LogP contribution in [-0.4, -0.2) is 29.8 Å². The molecule has 1 saturated heterocycles. The zero-order valence-electron chi connectivity index (χ0n) is 14.8. The summed E-state index contributed by atoms with van der Waals surface area (Å²) < 4.78 is 10.5. The maximum absolute atomic E-state index is 12.7. The molecule has 3 rings (SSSR count). The number of imide groups is 1. The SMILES string of the molecule is COc1cc(/C=C2\SC(=O)N(Cc3ccc(Cl)cc3)C2=O)ccc1OCC#N. The van der Waals surface area contributed by atoms with Crippen molar-refractivity contribution in [1.29, 1.82) is 5.26 Å². The van der Waals surface area contributed by atoms with Gasteiger partial charge in [-0.05, 0) is 53.2 Å². The third-order valence-corrected chi connectivity index (χ3v) is 5.06. The lowest BCUT2D eigenvalue weighted by Gasteiger charge is -2.12. The van der Waals surface area contributed by atoms with E-state index in [4.69, 9.17) is 26.3 Å². The number of halogens is 1. The van der Waals surface area contributed by atoms with Crippen LogP contribution in [0.4, 0.5) is 4.79 Å². The first kappa shape index (κ1) is 19.8. The molecule has 1 aliphatic heterocycles. The molecular weight excluding hydrogens is 400 g/mol. The number of carbonyl (C=O) groups is 2. The number of thioether (sulfide) groups is 1. The van der Waals surface area contributed by atoms with Crippen LogP contribution in [0.1, 0.15) is 11.1 Å². The maximum atomic E-state index is 12.7. The Morgan fingerprint density at radius 1 is 1.18 bits per heavy atom. The Morgan fingerprint density at radius 2 is 1.93 bits per heavy atom. The van der Waals surface area contributed by atoms with Gasteiger partial charge in [-0.15, -0.1) is 0 Å². The molecule has 0 bridgehead atoms. The Morgan fingerprint density at radius 3 is 2.61 bits per heavy atom. The fourth-order valence-electron chi connectivity index (χ4n) is 2.56. The lowest BCUT2D eigenvalue weighted by molar-refractivity contribution is -0.123. The first-order valence-electron chi connectivity index (χ1n) is 8.19. The summed E-state index contributed by atoms with van der Waals surface area (Å²) in [6, 6.07) is 13.9. The predicted octanol–water partition coefficient (Wildman–Crippen LogP) is 4.49. The summed E-state index contributed by atoms with van der Waals surface area (Å²) in [4.78, 5) is 26.5. The van der Waals surface area contributed by atoms with Crippen LogP contribution in [0.2, 0.25) is 5.02 Å². The Balaban J connectivity index is 1.79. The van der Waals surface area contributed by atoms with E-state index in [0.29, 0.717) is 27.0 Å². The molecule has 142 valence electrons. The summed E-state index contributed by atoms with van der Waals surface area (Å²) in [5.41, 5.74) is 1.49. The van der Waals surface area contributed by atoms with Gasteiger partial charge in [-0.25, -0.2) is 0 Å². The molecule has 1 aliphatic rings. The first-order chi connectivity index (χ1) is 13.5. The van der Waals surface area contributed by atoms with Crippen molar-refractivity contribution in [3.63, 3.8) is 0 Å². The van der Waals surface area contributed by atoms with Gasteiger partial charge in [-0.3, -0.25) is 14.5 Å². The third-order valence-electron chi connectivity index (χ3n) is 3.91. The minimum absolute atomic E-state index is 0.0979. The Labute approximate surface area is 171 Å². The van der Waals surface area contributed by atoms with E-state index in [1.54, 1.807) is 48.5 Å². The fourth-order valence-corrected chi connectivity index (χ4v) is 3.53. The van der Waals surface area contributed by atoms with Crippen molar-refractivity contribution in [2.45, 2.75) is 6.54 Å². The van der Waals surface area contributed by atoms with Crippen LogP contribution in [0, 0.1) is 11.3 Å². The molecule has 1 heterocycles. The van der Waals surface area contributed by atoms with Crippen molar-refractivity contribution >= 4 is 40.6 Å². The smallest absolute Gasteiger partial charge is 0.293 e. The van der Waals surface area contributed by atoms with Crippen molar-refractivity contribution < 1.29 is 19.1 Å². The summed E-state index contributed by atoms with van der Waals surface area (Å²) in [6.07, 6.45) is 1.63. The van der Waals surface area contributed by atoms with E-state index in [1.807, 2.05) is 6.07 Å². The van der Waals surface area contributed by atoms with Gasteiger partial charge < -0.3 is 9.47 Å². The van der Waals surface area contributed by atoms with Crippen LogP contribution >= 0.6 is 23.4 Å². The average molecular weight is 415 g/mol. The van der Waals surface area contributed by atoms with Crippen molar-refractivity contribution in [3.05, 3.63) is 63.5 Å². The second kappa shape index (κ2) is 8.83. The number of nitrogens with zero attached hydrogens (tertiary/aromatic N) is 2. The number of amides is 2. The van der Waals surface area contributed by atoms with Gasteiger partial charge in [0.15, 0.2) is 18.1 Å². The summed E-state index contributed by atoms with van der Waals surface area (Å²) in [6.45, 7) is 0.0860. The van der Waals surface area contributed by atoms with Gasteiger partial charge in [0.2, 0.25) is 0 Å². The number of methoxy groups -OCH3 is 1. The van der Waals surface area contributed by atoms with Crippen molar-refractivity contribution in [2.75, 3.05) is 13.7 Å². The van der Waals surface area contributed by atoms with E-state index in [0.717, 1.165) is 17.3 Å². The molecule has 2 amide bonds. The number of carbonyl (C=O) groups excluding carboxylic acids is 2. The number of ether oxygens (including phenoxy) is 2. The molecule has 0 unspecified atom stereocenters. The predicted molar refractivity (Wildman–Crippen MR) is 107 cm³/mol. The highest BCUT2D eigenvalue weighted by Crippen LogP contribution is 2.35. The van der Waals surface area contributed by atoms with Crippen LogP contribution in [0.15, 0.2) is 47.4 Å². The number of hydrogen-bond donors (Lipinski definition) is 0. The minimum Gasteiger partial charge on any atom is -0.493 e. The van der Waals surface area contributed by atoms with Crippen molar-refractivity contribution in [1.82, 2.24) is 4.90 Å². The van der Waals surface area contributed by atoms with Crippen molar-refractivity contribution in [3.8, 4) is 17.6 Å². The molecule has 8 heteroatoms. The summed E-state index contributed by atoms with van der Waals surface area (Å²) in [7, 11) is 1.48. The van der Waals surface area contributed by atoms with Crippen molar-refractivity contribution in [2.24, 2.45) is 0 Å². The molecule has 0 atom stereocenters. The van der Waals surface area contributed by atoms with E-state index >= 15 is 0 Å². The number of hydrogen-bond acceptors (Lipinski definition) is 6. The largest absolute Gasteiger partial charge is 0.493 e. The molecular formula is C20H15ClN2O4S. The number of nitriles is 1. The normalized spacial score (nSPS) is 15.0. The molecule has 6 nitrogen and oxygen atoms in total. The van der Waals surface area contributed by atoms with Crippen LogP contribution in [-0.2, 0) is 11.3 Å². The minimum atomic E-state index is -0.353. The van der Waals surface area contributed by atoms with E-state index in [-0.39, 0.29) is 24.3 Å². The molecule has 1 fully saturated rings. The second-order valence-electron chi connectivity index (χ2n) is 5.75. The first-order valence-corrected chi connectivity index (χ1v) is 9.39. The highest BCUT2D eigenvalue weighted by Gasteiger charge is 2.35. The van der Waals surface area contributed by atoms with E-state index < -0.39 is 0 Å². The summed E-state index contributed by atoms with van der Waals surface area (Å²) >= 11 is 6.76. The van der Waals surface area contributed by atoms with Gasteiger partial charge in [-0.2, -0.15) is 5.26 Å². The van der Waals surface area contributed by atoms with E-state index in [9.17, 15) is 9.59 Å². The molecule has 0 aromatic heterocycles. The number of benzene rings is 2. The highest BCUT2D eigenvalue weighted by molar-refractivity contribution is 8.18. The van der Waals surface area contributed by atoms with Crippen LogP contribution in [0.25, 0.3) is 6.08 Å². The fraction of sp³-hybridized carbons (Fsp3) is 0.150. The monoisotopic (exact) mass is 414 g/mol. The van der Waals surface area contributed by atoms with Crippen LogP contribution in [0.3, 0.4) is 0 Å². The second-order valence-corrected chi connectivity index (χ2v) is 7.18. The van der Waals surface area contributed by atoms with Gasteiger partial charge >= 0.3 is 0 Å². The van der Waals surface area contributed by atoms with E-state index in [1.165, 1.54) is 12.0 Å². The van der Waals surface area contributed by atoms with Gasteiger partial charge in [-0.1, -0.05) is 29.8 Å². The molecule has 0 radical (unpaired) electrons.